The maximum atomic E-state index is 13.3. The number of anilines is 1. The molecule has 0 aliphatic carbocycles. The molecule has 7 rings (SSSR count). The minimum atomic E-state index is -0.910. The zero-order valence-electron chi connectivity index (χ0n) is 33.3. The van der Waals surface area contributed by atoms with E-state index in [0.717, 1.165) is 45.4 Å². The lowest BCUT2D eigenvalue weighted by Crippen LogP contribution is -2.39. The first-order valence-corrected chi connectivity index (χ1v) is 20.0. The predicted octanol–water partition coefficient (Wildman–Crippen LogP) is 9.23. The number of nitrogens with zero attached hydrogens (tertiary/aromatic N) is 5. The highest BCUT2D eigenvalue weighted by Crippen LogP contribution is 2.43. The molecule has 6 aromatic carbocycles. The highest BCUT2D eigenvalue weighted by Gasteiger charge is 2.42. The van der Waals surface area contributed by atoms with Gasteiger partial charge in [0.15, 0.2) is 5.82 Å². The van der Waals surface area contributed by atoms with Gasteiger partial charge >= 0.3 is 0 Å². The number of aromatic nitrogens is 4. The summed E-state index contributed by atoms with van der Waals surface area (Å²) in [4.78, 5) is 27.8. The fraction of sp³-hybridized carbons (Fsp3) is 0.204. The van der Waals surface area contributed by atoms with Crippen molar-refractivity contribution < 1.29 is 9.59 Å². The Morgan fingerprint density at radius 1 is 0.672 bits per heavy atom. The molecular weight excluding hydrogens is 719 g/mol. The molecule has 0 saturated heterocycles. The summed E-state index contributed by atoms with van der Waals surface area (Å²) in [6, 6.07) is 55.0. The van der Waals surface area contributed by atoms with Crippen LogP contribution in [-0.2, 0) is 16.9 Å². The standard InChI is InChI=1S/C49H49N7O2/c1-4-42(34-46(57)51-43-30-28-38(29-31-43)48(58)55(5-2)6-3)50-35-36-27-32-44(37-19-11-7-12-20-37)45(33-36)47-52-53-54-56(47)49(39-21-13-8-14-22-39,40-23-15-9-16-24-40)41-25-17-10-18-26-41/h7-33,42,50H,4-6,34-35H2,1-3H3,(H,51,57). The van der Waals surface area contributed by atoms with Crippen molar-refractivity contribution in [3.05, 3.63) is 192 Å². The first-order chi connectivity index (χ1) is 28.5. The molecule has 58 heavy (non-hydrogen) atoms. The average Bonchev–Trinajstić information content (AvgIpc) is 3.77. The molecule has 1 unspecified atom stereocenters. The Morgan fingerprint density at radius 3 is 1.76 bits per heavy atom. The zero-order valence-corrected chi connectivity index (χ0v) is 33.3. The number of rotatable bonds is 16. The van der Waals surface area contributed by atoms with Gasteiger partial charge in [-0.25, -0.2) is 4.68 Å². The summed E-state index contributed by atoms with van der Waals surface area (Å²) < 4.78 is 1.97. The molecule has 7 aromatic rings. The van der Waals surface area contributed by atoms with Crippen LogP contribution < -0.4 is 10.6 Å². The lowest BCUT2D eigenvalue weighted by Gasteiger charge is -2.36. The Balaban J connectivity index is 1.21. The van der Waals surface area contributed by atoms with Gasteiger partial charge in [-0.05, 0) is 94.4 Å². The van der Waals surface area contributed by atoms with Gasteiger partial charge in [0.2, 0.25) is 5.91 Å². The average molecular weight is 768 g/mol. The van der Waals surface area contributed by atoms with Crippen LogP contribution in [0.3, 0.4) is 0 Å². The highest BCUT2D eigenvalue weighted by atomic mass is 16.2. The van der Waals surface area contributed by atoms with Crippen LogP contribution in [0.1, 0.15) is 66.2 Å². The second kappa shape index (κ2) is 18.5. The first kappa shape index (κ1) is 39.5. The van der Waals surface area contributed by atoms with E-state index >= 15 is 0 Å². The van der Waals surface area contributed by atoms with Crippen molar-refractivity contribution >= 4 is 17.5 Å². The maximum Gasteiger partial charge on any atom is 0.253 e. The van der Waals surface area contributed by atoms with Crippen molar-refractivity contribution in [2.24, 2.45) is 0 Å². The van der Waals surface area contributed by atoms with Gasteiger partial charge in [0.25, 0.3) is 5.91 Å². The largest absolute Gasteiger partial charge is 0.339 e. The number of nitrogens with one attached hydrogen (secondary N) is 2. The van der Waals surface area contributed by atoms with Crippen molar-refractivity contribution in [1.82, 2.24) is 30.4 Å². The molecule has 9 heteroatoms. The molecule has 0 bridgehead atoms. The van der Waals surface area contributed by atoms with Crippen molar-refractivity contribution in [2.45, 2.75) is 51.7 Å². The van der Waals surface area contributed by atoms with Crippen molar-refractivity contribution in [3.63, 3.8) is 0 Å². The molecule has 0 saturated carbocycles. The molecule has 0 aliphatic heterocycles. The summed E-state index contributed by atoms with van der Waals surface area (Å²) >= 11 is 0. The van der Waals surface area contributed by atoms with Crippen molar-refractivity contribution in [2.75, 3.05) is 18.4 Å². The second-order valence-electron chi connectivity index (χ2n) is 14.3. The molecule has 1 heterocycles. The van der Waals surface area contributed by atoms with Crippen LogP contribution in [0.15, 0.2) is 164 Å². The molecule has 292 valence electrons. The fourth-order valence-electron chi connectivity index (χ4n) is 7.69. The minimum absolute atomic E-state index is 0.0162. The summed E-state index contributed by atoms with van der Waals surface area (Å²) in [6.45, 7) is 7.83. The lowest BCUT2D eigenvalue weighted by atomic mass is 9.77. The van der Waals surface area contributed by atoms with Crippen LogP contribution in [0.5, 0.6) is 0 Å². The van der Waals surface area contributed by atoms with Gasteiger partial charge in [0.1, 0.15) is 5.54 Å². The molecular formula is C49H49N7O2. The predicted molar refractivity (Wildman–Crippen MR) is 231 cm³/mol. The second-order valence-corrected chi connectivity index (χ2v) is 14.3. The van der Waals surface area contributed by atoms with Crippen LogP contribution in [-0.4, -0.2) is 56.1 Å². The molecule has 1 atom stereocenters. The van der Waals surface area contributed by atoms with Gasteiger partial charge in [0.05, 0.1) is 0 Å². The number of hydrogen-bond donors (Lipinski definition) is 2. The van der Waals surface area contributed by atoms with E-state index in [1.807, 2.05) is 54.9 Å². The normalized spacial score (nSPS) is 11.8. The molecule has 0 radical (unpaired) electrons. The van der Waals surface area contributed by atoms with Gasteiger partial charge in [-0.2, -0.15) is 0 Å². The highest BCUT2D eigenvalue weighted by molar-refractivity contribution is 5.96. The summed E-state index contributed by atoms with van der Waals surface area (Å²) in [5.41, 5.74) is 7.38. The Labute approximate surface area is 340 Å². The molecule has 2 amide bonds. The van der Waals surface area contributed by atoms with Crippen molar-refractivity contribution in [1.29, 1.82) is 0 Å². The molecule has 9 nitrogen and oxygen atoms in total. The van der Waals surface area contributed by atoms with Crippen LogP contribution >= 0.6 is 0 Å². The first-order valence-electron chi connectivity index (χ1n) is 20.0. The van der Waals surface area contributed by atoms with E-state index in [2.05, 4.69) is 126 Å². The Kier molecular flexibility index (Phi) is 12.6. The third-order valence-electron chi connectivity index (χ3n) is 10.8. The van der Waals surface area contributed by atoms with E-state index in [1.165, 1.54) is 0 Å². The smallest absolute Gasteiger partial charge is 0.253 e. The van der Waals surface area contributed by atoms with Crippen LogP contribution in [0.25, 0.3) is 22.5 Å². The molecule has 2 N–H and O–H groups in total. The SMILES string of the molecule is CCC(CC(=O)Nc1ccc(C(=O)N(CC)CC)cc1)NCc1ccc(-c2ccccc2)c(-c2nnnn2C(c2ccccc2)(c2ccccc2)c2ccccc2)c1. The number of carbonyl (C=O) groups is 2. The number of carbonyl (C=O) groups excluding carboxylic acids is 2. The van der Waals surface area contributed by atoms with Crippen LogP contribution in [0.4, 0.5) is 5.69 Å². The molecule has 0 fully saturated rings. The molecule has 0 spiro atoms. The van der Waals surface area contributed by atoms with E-state index in [1.54, 1.807) is 29.2 Å². The monoisotopic (exact) mass is 767 g/mol. The maximum absolute atomic E-state index is 13.3. The Morgan fingerprint density at radius 2 is 1.22 bits per heavy atom. The lowest BCUT2D eigenvalue weighted by molar-refractivity contribution is -0.116. The van der Waals surface area contributed by atoms with E-state index in [9.17, 15) is 9.59 Å². The quantitative estimate of drug-likeness (QED) is 0.0951. The number of hydrogen-bond acceptors (Lipinski definition) is 6. The summed E-state index contributed by atoms with van der Waals surface area (Å²) in [7, 11) is 0. The third-order valence-corrected chi connectivity index (χ3v) is 10.8. The van der Waals surface area contributed by atoms with E-state index in [4.69, 9.17) is 10.3 Å². The van der Waals surface area contributed by atoms with E-state index in [0.29, 0.717) is 36.7 Å². The zero-order chi connectivity index (χ0) is 40.3. The minimum Gasteiger partial charge on any atom is -0.339 e. The van der Waals surface area contributed by atoms with Gasteiger partial charge in [-0.1, -0.05) is 140 Å². The van der Waals surface area contributed by atoms with E-state index in [-0.39, 0.29) is 24.3 Å². The Hall–Kier alpha value is -6.71. The number of benzene rings is 6. The van der Waals surface area contributed by atoms with Crippen LogP contribution in [0, 0.1) is 0 Å². The summed E-state index contributed by atoms with van der Waals surface area (Å²) in [5.74, 6) is 0.506. The van der Waals surface area contributed by atoms with Crippen LogP contribution in [0.2, 0.25) is 0 Å². The van der Waals surface area contributed by atoms with Gasteiger partial charge in [0, 0.05) is 48.9 Å². The third kappa shape index (κ3) is 8.36. The summed E-state index contributed by atoms with van der Waals surface area (Å²) in [6.07, 6.45) is 1.04. The van der Waals surface area contributed by atoms with E-state index < -0.39 is 5.54 Å². The topological polar surface area (TPSA) is 105 Å². The fourth-order valence-corrected chi connectivity index (χ4v) is 7.69. The molecule has 1 aromatic heterocycles. The van der Waals surface area contributed by atoms with Crippen molar-refractivity contribution in [3.8, 4) is 22.5 Å². The Bertz CT molecular complexity index is 2300. The molecule has 0 aliphatic rings. The van der Waals surface area contributed by atoms with Gasteiger partial charge in [-0.15, -0.1) is 5.10 Å². The number of amides is 2. The summed E-state index contributed by atoms with van der Waals surface area (Å²) in [5, 5.41) is 20.6. The van der Waals surface area contributed by atoms with Gasteiger partial charge < -0.3 is 15.5 Å². The number of tetrazole rings is 1. The van der Waals surface area contributed by atoms with Gasteiger partial charge in [-0.3, -0.25) is 9.59 Å².